The van der Waals surface area contributed by atoms with E-state index in [1.165, 1.54) is 0 Å². The first-order chi connectivity index (χ1) is 12.9. The van der Waals surface area contributed by atoms with E-state index < -0.39 is 0 Å². The van der Waals surface area contributed by atoms with Crippen molar-refractivity contribution in [3.05, 3.63) is 64.7 Å². The normalized spacial score (nSPS) is 10.9. The first kappa shape index (κ1) is 18.8. The number of hydrogen-bond donors (Lipinski definition) is 0. The van der Waals surface area contributed by atoms with Crippen LogP contribution in [-0.4, -0.2) is 34.2 Å². The van der Waals surface area contributed by atoms with E-state index >= 15 is 0 Å². The second-order valence-electron chi connectivity index (χ2n) is 6.58. The summed E-state index contributed by atoms with van der Waals surface area (Å²) < 4.78 is 12.3. The van der Waals surface area contributed by atoms with Gasteiger partial charge in [0.05, 0.1) is 12.7 Å². The van der Waals surface area contributed by atoms with Gasteiger partial charge in [-0.25, -0.2) is 0 Å². The van der Waals surface area contributed by atoms with Crippen LogP contribution in [-0.2, 0) is 6.54 Å². The summed E-state index contributed by atoms with van der Waals surface area (Å²) in [6, 6.07) is 11.6. The molecule has 1 aromatic carbocycles. The van der Waals surface area contributed by atoms with Crippen molar-refractivity contribution in [2.75, 3.05) is 13.7 Å². The van der Waals surface area contributed by atoms with E-state index in [2.05, 4.69) is 5.16 Å². The number of rotatable bonds is 6. The fourth-order valence-corrected chi connectivity index (χ4v) is 3.24. The summed E-state index contributed by atoms with van der Waals surface area (Å²) in [5.41, 5.74) is 3.55. The number of aromatic nitrogens is 2. The smallest absolute Gasteiger partial charge is 0.255 e. The molecule has 0 bridgehead atoms. The van der Waals surface area contributed by atoms with Crippen molar-refractivity contribution < 1.29 is 14.1 Å². The summed E-state index contributed by atoms with van der Waals surface area (Å²) in [4.78, 5) is 15.0. The minimum atomic E-state index is 0.00730. The predicted molar refractivity (Wildman–Crippen MR) is 103 cm³/mol. The third-order valence-corrected chi connectivity index (χ3v) is 4.71. The molecule has 0 aliphatic carbocycles. The highest BCUT2D eigenvalue weighted by Gasteiger charge is 2.22. The highest BCUT2D eigenvalue weighted by Crippen LogP contribution is 2.23. The molecule has 27 heavy (non-hydrogen) atoms. The van der Waals surface area contributed by atoms with E-state index in [9.17, 15) is 4.79 Å². The molecule has 2 heterocycles. The molecule has 0 radical (unpaired) electrons. The second kappa shape index (κ2) is 7.70. The number of hydrogen-bond acceptors (Lipinski definition) is 4. The Kier molecular flexibility index (Phi) is 5.35. The van der Waals surface area contributed by atoms with Crippen LogP contribution in [0, 0.1) is 20.8 Å². The molecule has 0 N–H and O–H groups in total. The van der Waals surface area contributed by atoms with E-state index in [0.29, 0.717) is 24.5 Å². The molecule has 0 saturated heterocycles. The van der Waals surface area contributed by atoms with Gasteiger partial charge in [-0.1, -0.05) is 17.3 Å². The first-order valence-corrected chi connectivity index (χ1v) is 8.99. The number of nitrogens with zero attached hydrogens (tertiary/aromatic N) is 3. The Morgan fingerprint density at radius 3 is 2.44 bits per heavy atom. The van der Waals surface area contributed by atoms with Crippen molar-refractivity contribution in [3.63, 3.8) is 0 Å². The lowest BCUT2D eigenvalue weighted by Crippen LogP contribution is -2.30. The van der Waals surface area contributed by atoms with Crippen LogP contribution in [0.5, 0.6) is 5.75 Å². The molecule has 0 fully saturated rings. The van der Waals surface area contributed by atoms with Crippen LogP contribution in [0.2, 0.25) is 0 Å². The van der Waals surface area contributed by atoms with Gasteiger partial charge in [-0.2, -0.15) is 0 Å². The largest absolute Gasteiger partial charge is 0.497 e. The number of carbonyl (C=O) groups excluding carboxylic acids is 1. The maximum absolute atomic E-state index is 13.2. The molecule has 0 spiro atoms. The summed E-state index contributed by atoms with van der Waals surface area (Å²) >= 11 is 0. The number of benzene rings is 1. The maximum Gasteiger partial charge on any atom is 0.255 e. The van der Waals surface area contributed by atoms with Crippen molar-refractivity contribution in [1.29, 1.82) is 0 Å². The van der Waals surface area contributed by atoms with E-state index in [4.69, 9.17) is 9.26 Å². The quantitative estimate of drug-likeness (QED) is 0.659. The van der Waals surface area contributed by atoms with Gasteiger partial charge in [0.2, 0.25) is 0 Å². The lowest BCUT2D eigenvalue weighted by Gasteiger charge is -2.21. The monoisotopic (exact) mass is 367 g/mol. The maximum atomic E-state index is 13.2. The third-order valence-electron chi connectivity index (χ3n) is 4.71. The van der Waals surface area contributed by atoms with Crippen LogP contribution in [0.25, 0.3) is 5.82 Å². The van der Waals surface area contributed by atoms with Crippen molar-refractivity contribution in [3.8, 4) is 11.6 Å². The molecular weight excluding hydrogens is 342 g/mol. The van der Waals surface area contributed by atoms with Crippen LogP contribution in [0.4, 0.5) is 0 Å². The SMILES string of the molecule is CCN(Cc1ccc(OC)cc1)C(=O)c1cc(C)n(-c2cc(C)on2)c1C. The van der Waals surface area contributed by atoms with Gasteiger partial charge in [0.25, 0.3) is 5.91 Å². The minimum absolute atomic E-state index is 0.00730. The summed E-state index contributed by atoms with van der Waals surface area (Å²) in [5, 5.41) is 4.08. The third kappa shape index (κ3) is 3.74. The zero-order valence-corrected chi connectivity index (χ0v) is 16.4. The molecule has 0 aliphatic heterocycles. The van der Waals surface area contributed by atoms with Crippen LogP contribution in [0.3, 0.4) is 0 Å². The van der Waals surface area contributed by atoms with E-state index in [0.717, 1.165) is 28.5 Å². The Balaban J connectivity index is 1.87. The van der Waals surface area contributed by atoms with Gasteiger partial charge in [0.1, 0.15) is 11.5 Å². The molecule has 6 nitrogen and oxygen atoms in total. The Labute approximate surface area is 159 Å². The fourth-order valence-electron chi connectivity index (χ4n) is 3.24. The van der Waals surface area contributed by atoms with Gasteiger partial charge in [0.15, 0.2) is 5.82 Å². The molecule has 1 amide bonds. The van der Waals surface area contributed by atoms with Crippen LogP contribution >= 0.6 is 0 Å². The van der Waals surface area contributed by atoms with Gasteiger partial charge < -0.3 is 14.2 Å². The average molecular weight is 367 g/mol. The number of carbonyl (C=O) groups is 1. The van der Waals surface area contributed by atoms with Gasteiger partial charge in [-0.15, -0.1) is 0 Å². The molecule has 3 aromatic rings. The Morgan fingerprint density at radius 1 is 1.19 bits per heavy atom. The molecule has 0 saturated carbocycles. The van der Waals surface area contributed by atoms with Crippen molar-refractivity contribution in [1.82, 2.24) is 14.6 Å². The molecule has 3 rings (SSSR count). The van der Waals surface area contributed by atoms with Gasteiger partial charge in [-0.3, -0.25) is 9.36 Å². The summed E-state index contributed by atoms with van der Waals surface area (Å²) in [5.74, 6) is 2.24. The van der Waals surface area contributed by atoms with Gasteiger partial charge in [0, 0.05) is 30.5 Å². The highest BCUT2D eigenvalue weighted by atomic mass is 16.5. The van der Waals surface area contributed by atoms with Crippen molar-refractivity contribution in [2.45, 2.75) is 34.2 Å². The standard InChI is InChI=1S/C21H25N3O3/c1-6-23(13-17-7-9-18(26-5)10-8-17)21(25)19-11-14(2)24(16(19)4)20-12-15(3)27-22-20/h7-12H,6,13H2,1-5H3. The second-order valence-corrected chi connectivity index (χ2v) is 6.58. The van der Waals surface area contributed by atoms with E-state index in [1.54, 1.807) is 7.11 Å². The van der Waals surface area contributed by atoms with Crippen LogP contribution in [0.1, 0.15) is 40.0 Å². The molecule has 6 heteroatoms. The summed E-state index contributed by atoms with van der Waals surface area (Å²) in [6.07, 6.45) is 0. The minimum Gasteiger partial charge on any atom is -0.497 e. The number of amides is 1. The van der Waals surface area contributed by atoms with Crippen LogP contribution in [0.15, 0.2) is 40.9 Å². The number of methoxy groups -OCH3 is 1. The molecule has 0 aliphatic rings. The van der Waals surface area contributed by atoms with Crippen molar-refractivity contribution in [2.24, 2.45) is 0 Å². The lowest BCUT2D eigenvalue weighted by atomic mass is 10.1. The van der Waals surface area contributed by atoms with Crippen molar-refractivity contribution >= 4 is 5.91 Å². The summed E-state index contributed by atoms with van der Waals surface area (Å²) in [7, 11) is 1.64. The lowest BCUT2D eigenvalue weighted by molar-refractivity contribution is 0.0752. The Bertz CT molecular complexity index is 938. The van der Waals surface area contributed by atoms with Crippen LogP contribution < -0.4 is 4.74 Å². The summed E-state index contributed by atoms with van der Waals surface area (Å²) in [6.45, 7) is 8.91. The average Bonchev–Trinajstić information content (AvgIpc) is 3.22. The molecule has 2 aromatic heterocycles. The number of ether oxygens (including phenoxy) is 1. The molecule has 0 atom stereocenters. The molecule has 0 unspecified atom stereocenters. The zero-order valence-electron chi connectivity index (χ0n) is 16.4. The first-order valence-electron chi connectivity index (χ1n) is 8.99. The van der Waals surface area contributed by atoms with E-state index in [-0.39, 0.29) is 5.91 Å². The number of aryl methyl sites for hydroxylation is 2. The molecular formula is C21H25N3O3. The van der Waals surface area contributed by atoms with E-state index in [1.807, 2.05) is 73.6 Å². The highest BCUT2D eigenvalue weighted by molar-refractivity contribution is 5.96. The fraction of sp³-hybridized carbons (Fsp3) is 0.333. The predicted octanol–water partition coefficient (Wildman–Crippen LogP) is 4.06. The zero-order chi connectivity index (χ0) is 19.6. The Hall–Kier alpha value is -3.02. The van der Waals surface area contributed by atoms with Gasteiger partial charge >= 0.3 is 0 Å². The molecule has 142 valence electrons. The topological polar surface area (TPSA) is 60.5 Å². The van der Waals surface area contributed by atoms with Gasteiger partial charge in [-0.05, 0) is 51.5 Å². The Morgan fingerprint density at radius 2 is 1.89 bits per heavy atom.